The Morgan fingerprint density at radius 2 is 1.76 bits per heavy atom. The molecule has 2 aliphatic rings. The number of likely N-dealkylation sites (N-methyl/N-ethyl adjacent to an activating group) is 1. The quantitative estimate of drug-likeness (QED) is 0.632. The summed E-state index contributed by atoms with van der Waals surface area (Å²) in [5.74, 6) is 1.99. The van der Waals surface area contributed by atoms with Gasteiger partial charge in [-0.15, -0.1) is 0 Å². The maximum atomic E-state index is 13.1. The first-order valence-electron chi connectivity index (χ1n) is 10.7. The largest absolute Gasteiger partial charge is 0.493 e. The second kappa shape index (κ2) is 9.48. The normalized spacial score (nSPS) is 19.3. The van der Waals surface area contributed by atoms with Gasteiger partial charge in [-0.1, -0.05) is 12.1 Å². The summed E-state index contributed by atoms with van der Waals surface area (Å²) in [5, 5.41) is 0. The third-order valence-electron chi connectivity index (χ3n) is 5.86. The minimum absolute atomic E-state index is 0.110. The molecule has 1 fully saturated rings. The fraction of sp³-hybridized carbons (Fsp3) is 0.417. The van der Waals surface area contributed by atoms with Gasteiger partial charge in [0, 0.05) is 32.1 Å². The maximum Gasteiger partial charge on any atom is 0.227 e. The van der Waals surface area contributed by atoms with E-state index in [1.54, 1.807) is 29.0 Å². The van der Waals surface area contributed by atoms with Crippen LogP contribution in [0.2, 0.25) is 0 Å². The summed E-state index contributed by atoms with van der Waals surface area (Å²) < 4.78 is 27.8. The number of amides is 2. The lowest BCUT2D eigenvalue weighted by molar-refractivity contribution is -0.135. The minimum Gasteiger partial charge on any atom is -0.493 e. The molecule has 176 valence electrons. The molecule has 2 atom stereocenters. The average Bonchev–Trinajstić information content (AvgIpc) is 3.23. The van der Waals surface area contributed by atoms with Crippen molar-refractivity contribution in [2.24, 2.45) is 5.92 Å². The summed E-state index contributed by atoms with van der Waals surface area (Å²) in [4.78, 5) is 29.1. The highest BCUT2D eigenvalue weighted by Gasteiger charge is 2.38. The molecule has 9 heteroatoms. The molecule has 0 radical (unpaired) electrons. The van der Waals surface area contributed by atoms with Crippen LogP contribution in [0.25, 0.3) is 0 Å². The van der Waals surface area contributed by atoms with Gasteiger partial charge in [-0.05, 0) is 12.1 Å². The third kappa shape index (κ3) is 4.48. The first-order valence-corrected chi connectivity index (χ1v) is 10.7. The van der Waals surface area contributed by atoms with E-state index in [0.717, 1.165) is 0 Å². The predicted octanol–water partition coefficient (Wildman–Crippen LogP) is 2.36. The standard InChI is InChI=1S/C24H28N2O7/c1-25(13-17-14-32-18-7-5-6-8-19(18)33-17)24(28)15-9-22(27)26(12-15)16-10-20(29-2)23(31-4)21(11-16)30-3/h5-8,10-11,15,17H,9,12-14H2,1-4H3. The van der Waals surface area contributed by atoms with Gasteiger partial charge in [-0.2, -0.15) is 0 Å². The minimum atomic E-state index is -0.460. The van der Waals surface area contributed by atoms with Gasteiger partial charge in [-0.25, -0.2) is 0 Å². The number of rotatable bonds is 7. The lowest BCUT2D eigenvalue weighted by Gasteiger charge is -2.30. The second-order valence-electron chi connectivity index (χ2n) is 8.01. The zero-order valence-electron chi connectivity index (χ0n) is 19.2. The average molecular weight is 456 g/mol. The molecule has 2 heterocycles. The predicted molar refractivity (Wildman–Crippen MR) is 121 cm³/mol. The summed E-state index contributed by atoms with van der Waals surface area (Å²) in [5.41, 5.74) is 0.591. The number of hydrogen-bond donors (Lipinski definition) is 0. The van der Waals surface area contributed by atoms with Crippen molar-refractivity contribution in [1.29, 1.82) is 0 Å². The van der Waals surface area contributed by atoms with Gasteiger partial charge in [0.25, 0.3) is 0 Å². The molecule has 1 saturated heterocycles. The summed E-state index contributed by atoms with van der Waals surface area (Å²) in [6, 6.07) is 10.9. The van der Waals surface area contributed by atoms with Crippen LogP contribution < -0.4 is 28.6 Å². The van der Waals surface area contributed by atoms with Crippen LogP contribution in [0.4, 0.5) is 5.69 Å². The molecule has 0 spiro atoms. The number of carbonyl (C=O) groups is 2. The molecule has 2 unspecified atom stereocenters. The van der Waals surface area contributed by atoms with Gasteiger partial charge in [0.1, 0.15) is 6.61 Å². The molecule has 0 bridgehead atoms. The van der Waals surface area contributed by atoms with E-state index in [9.17, 15) is 9.59 Å². The molecule has 2 amide bonds. The summed E-state index contributed by atoms with van der Waals surface area (Å²) in [7, 11) is 6.28. The molecular formula is C24H28N2O7. The van der Waals surface area contributed by atoms with Crippen LogP contribution in [0.5, 0.6) is 28.7 Å². The van der Waals surface area contributed by atoms with Crippen molar-refractivity contribution in [3.05, 3.63) is 36.4 Å². The Labute approximate surface area is 192 Å². The summed E-state index contributed by atoms with van der Waals surface area (Å²) in [6.45, 7) is 0.989. The van der Waals surface area contributed by atoms with Gasteiger partial charge >= 0.3 is 0 Å². The van der Waals surface area contributed by atoms with E-state index in [0.29, 0.717) is 47.6 Å². The molecular weight excluding hydrogens is 428 g/mol. The highest BCUT2D eigenvalue weighted by molar-refractivity contribution is 6.00. The van der Waals surface area contributed by atoms with E-state index in [4.69, 9.17) is 23.7 Å². The van der Waals surface area contributed by atoms with Crippen LogP contribution in [-0.2, 0) is 9.59 Å². The molecule has 0 aliphatic carbocycles. The van der Waals surface area contributed by atoms with E-state index in [1.165, 1.54) is 21.3 Å². The number of nitrogens with zero attached hydrogens (tertiary/aromatic N) is 2. The molecule has 0 aromatic heterocycles. The number of anilines is 1. The van der Waals surface area contributed by atoms with E-state index >= 15 is 0 Å². The molecule has 2 aromatic carbocycles. The van der Waals surface area contributed by atoms with E-state index in [2.05, 4.69) is 0 Å². The van der Waals surface area contributed by atoms with Crippen LogP contribution >= 0.6 is 0 Å². The molecule has 2 aromatic rings. The molecule has 9 nitrogen and oxygen atoms in total. The van der Waals surface area contributed by atoms with Crippen molar-refractivity contribution in [1.82, 2.24) is 4.90 Å². The number of fused-ring (bicyclic) bond motifs is 1. The van der Waals surface area contributed by atoms with Crippen LogP contribution in [0.3, 0.4) is 0 Å². The van der Waals surface area contributed by atoms with E-state index in [-0.39, 0.29) is 30.9 Å². The molecule has 0 saturated carbocycles. The number of ether oxygens (including phenoxy) is 5. The monoisotopic (exact) mass is 456 g/mol. The molecule has 33 heavy (non-hydrogen) atoms. The van der Waals surface area contributed by atoms with Crippen molar-refractivity contribution in [3.8, 4) is 28.7 Å². The van der Waals surface area contributed by atoms with Gasteiger partial charge < -0.3 is 33.5 Å². The van der Waals surface area contributed by atoms with Gasteiger partial charge in [0.2, 0.25) is 17.6 Å². The zero-order chi connectivity index (χ0) is 23.5. The SMILES string of the molecule is COc1cc(N2CC(C(=O)N(C)CC3COc4ccccc4O3)CC2=O)cc(OC)c1OC. The number of carbonyl (C=O) groups excluding carboxylic acids is 2. The van der Waals surface area contributed by atoms with Crippen molar-refractivity contribution in [3.63, 3.8) is 0 Å². The lowest BCUT2D eigenvalue weighted by Crippen LogP contribution is -2.44. The van der Waals surface area contributed by atoms with Crippen molar-refractivity contribution in [2.75, 3.05) is 53.0 Å². The Morgan fingerprint density at radius 3 is 2.39 bits per heavy atom. The van der Waals surface area contributed by atoms with Gasteiger partial charge in [0.05, 0.1) is 39.5 Å². The molecule has 2 aliphatic heterocycles. The van der Waals surface area contributed by atoms with E-state index < -0.39 is 5.92 Å². The Kier molecular flexibility index (Phi) is 6.48. The van der Waals surface area contributed by atoms with Gasteiger partial charge in [0.15, 0.2) is 29.1 Å². The highest BCUT2D eigenvalue weighted by Crippen LogP contribution is 2.42. The maximum absolute atomic E-state index is 13.1. The number of benzene rings is 2. The van der Waals surface area contributed by atoms with Crippen molar-refractivity contribution < 1.29 is 33.3 Å². The third-order valence-corrected chi connectivity index (χ3v) is 5.86. The van der Waals surface area contributed by atoms with E-state index in [1.807, 2.05) is 24.3 Å². The first kappa shape index (κ1) is 22.6. The number of methoxy groups -OCH3 is 3. The van der Waals surface area contributed by atoms with Gasteiger partial charge in [-0.3, -0.25) is 9.59 Å². The summed E-state index contributed by atoms with van der Waals surface area (Å²) in [6.07, 6.45) is -0.151. The Morgan fingerprint density at radius 1 is 1.09 bits per heavy atom. The topological polar surface area (TPSA) is 86.8 Å². The van der Waals surface area contributed by atoms with Crippen molar-refractivity contribution in [2.45, 2.75) is 12.5 Å². The van der Waals surface area contributed by atoms with Crippen LogP contribution in [0.15, 0.2) is 36.4 Å². The van der Waals surface area contributed by atoms with Crippen LogP contribution in [-0.4, -0.2) is 70.9 Å². The first-order chi connectivity index (χ1) is 15.9. The zero-order valence-corrected chi connectivity index (χ0v) is 19.2. The fourth-order valence-electron chi connectivity index (χ4n) is 4.21. The smallest absolute Gasteiger partial charge is 0.227 e. The highest BCUT2D eigenvalue weighted by atomic mass is 16.6. The lowest BCUT2D eigenvalue weighted by atomic mass is 10.1. The number of para-hydroxylation sites is 2. The Bertz CT molecular complexity index is 1020. The fourth-order valence-corrected chi connectivity index (χ4v) is 4.21. The van der Waals surface area contributed by atoms with Crippen LogP contribution in [0.1, 0.15) is 6.42 Å². The molecule has 4 rings (SSSR count). The number of hydrogen-bond acceptors (Lipinski definition) is 7. The second-order valence-corrected chi connectivity index (χ2v) is 8.01. The van der Waals surface area contributed by atoms with Crippen molar-refractivity contribution >= 4 is 17.5 Å². The Balaban J connectivity index is 1.43. The summed E-state index contributed by atoms with van der Waals surface area (Å²) >= 11 is 0. The molecule has 0 N–H and O–H groups in total. The van der Waals surface area contributed by atoms with Crippen LogP contribution in [0, 0.1) is 5.92 Å². The Hall–Kier alpha value is -3.62.